The van der Waals surface area contributed by atoms with Gasteiger partial charge in [0.05, 0.1) is 12.7 Å². The van der Waals surface area contributed by atoms with E-state index in [2.05, 4.69) is 20.5 Å². The fraction of sp³-hybridized carbons (Fsp3) is 0.600. The van der Waals surface area contributed by atoms with E-state index >= 15 is 0 Å². The van der Waals surface area contributed by atoms with E-state index in [-0.39, 0.29) is 11.6 Å². The third kappa shape index (κ3) is 3.27. The van der Waals surface area contributed by atoms with Gasteiger partial charge in [-0.1, -0.05) is 5.21 Å². The number of carboxylic acids is 1. The van der Waals surface area contributed by atoms with Gasteiger partial charge in [0.2, 0.25) is 5.91 Å². The fourth-order valence-corrected chi connectivity index (χ4v) is 1.79. The van der Waals surface area contributed by atoms with Crippen LogP contribution in [0.2, 0.25) is 0 Å². The molecule has 1 aromatic heterocycles. The third-order valence-electron chi connectivity index (χ3n) is 2.81. The Morgan fingerprint density at radius 3 is 3.00 bits per heavy atom. The van der Waals surface area contributed by atoms with Gasteiger partial charge in [-0.15, -0.1) is 5.10 Å². The molecule has 18 heavy (non-hydrogen) atoms. The summed E-state index contributed by atoms with van der Waals surface area (Å²) in [7, 11) is 0. The van der Waals surface area contributed by atoms with E-state index in [1.165, 1.54) is 10.9 Å². The Kier molecular flexibility index (Phi) is 3.88. The Morgan fingerprint density at radius 1 is 1.44 bits per heavy atom. The van der Waals surface area contributed by atoms with Gasteiger partial charge >= 0.3 is 5.97 Å². The van der Waals surface area contributed by atoms with Crippen LogP contribution in [-0.2, 0) is 11.3 Å². The van der Waals surface area contributed by atoms with Crippen LogP contribution in [0.25, 0.3) is 0 Å². The maximum absolute atomic E-state index is 11.2. The lowest BCUT2D eigenvalue weighted by Crippen LogP contribution is -2.31. The highest BCUT2D eigenvalue weighted by Gasteiger charge is 2.14. The van der Waals surface area contributed by atoms with E-state index in [0.717, 1.165) is 13.1 Å². The van der Waals surface area contributed by atoms with Crippen LogP contribution in [0.3, 0.4) is 0 Å². The molecule has 2 N–H and O–H groups in total. The molecule has 8 heteroatoms. The van der Waals surface area contributed by atoms with E-state index in [9.17, 15) is 9.59 Å². The second kappa shape index (κ2) is 5.58. The fourth-order valence-electron chi connectivity index (χ4n) is 1.79. The van der Waals surface area contributed by atoms with Crippen molar-refractivity contribution >= 4 is 11.9 Å². The molecule has 8 nitrogen and oxygen atoms in total. The maximum atomic E-state index is 11.2. The molecule has 98 valence electrons. The van der Waals surface area contributed by atoms with Crippen molar-refractivity contribution in [2.24, 2.45) is 0 Å². The molecule has 0 aliphatic carbocycles. The summed E-state index contributed by atoms with van der Waals surface area (Å²) in [4.78, 5) is 23.9. The molecule has 1 aromatic rings. The van der Waals surface area contributed by atoms with Crippen LogP contribution in [0.15, 0.2) is 6.20 Å². The van der Waals surface area contributed by atoms with Crippen LogP contribution >= 0.6 is 0 Å². The standard InChI is InChI=1S/C10H15N5O3/c16-9-1-3-14(4-2-11-9)5-6-15-7-8(10(17)18)12-13-15/h7H,1-6H2,(H,11,16)(H,17,18). The molecule has 2 rings (SSSR count). The lowest BCUT2D eigenvalue weighted by molar-refractivity contribution is -0.120. The van der Waals surface area contributed by atoms with Crippen molar-refractivity contribution in [3.05, 3.63) is 11.9 Å². The largest absolute Gasteiger partial charge is 0.476 e. The van der Waals surface area contributed by atoms with Gasteiger partial charge in [0, 0.05) is 32.6 Å². The molecule has 1 saturated heterocycles. The monoisotopic (exact) mass is 253 g/mol. The predicted octanol–water partition coefficient (Wildman–Crippen LogP) is -1.20. The first-order valence-corrected chi connectivity index (χ1v) is 5.77. The van der Waals surface area contributed by atoms with Crippen LogP contribution in [-0.4, -0.2) is 63.1 Å². The first kappa shape index (κ1) is 12.5. The number of aromatic carboxylic acids is 1. The smallest absolute Gasteiger partial charge is 0.358 e. The van der Waals surface area contributed by atoms with Crippen molar-refractivity contribution < 1.29 is 14.7 Å². The molecule has 1 aliphatic heterocycles. The number of carbonyl (C=O) groups excluding carboxylic acids is 1. The number of rotatable bonds is 4. The zero-order valence-electron chi connectivity index (χ0n) is 9.87. The highest BCUT2D eigenvalue weighted by atomic mass is 16.4. The third-order valence-corrected chi connectivity index (χ3v) is 2.81. The van der Waals surface area contributed by atoms with Crippen LogP contribution < -0.4 is 5.32 Å². The van der Waals surface area contributed by atoms with Crippen molar-refractivity contribution in [2.75, 3.05) is 26.2 Å². The predicted molar refractivity (Wildman–Crippen MR) is 61.0 cm³/mol. The zero-order valence-corrected chi connectivity index (χ0v) is 9.87. The van der Waals surface area contributed by atoms with E-state index in [1.807, 2.05) is 0 Å². The number of hydrogen-bond acceptors (Lipinski definition) is 5. The average molecular weight is 253 g/mol. The maximum Gasteiger partial charge on any atom is 0.358 e. The van der Waals surface area contributed by atoms with Crippen LogP contribution in [0.5, 0.6) is 0 Å². The lowest BCUT2D eigenvalue weighted by Gasteiger charge is -2.18. The number of hydrogen-bond donors (Lipinski definition) is 2. The molecular formula is C10H15N5O3. The molecule has 0 saturated carbocycles. The molecule has 1 aliphatic rings. The number of nitrogens with zero attached hydrogens (tertiary/aromatic N) is 4. The Morgan fingerprint density at radius 2 is 2.28 bits per heavy atom. The minimum absolute atomic E-state index is 0.0530. The van der Waals surface area contributed by atoms with E-state index in [4.69, 9.17) is 5.11 Å². The molecular weight excluding hydrogens is 238 g/mol. The molecule has 1 fully saturated rings. The summed E-state index contributed by atoms with van der Waals surface area (Å²) in [6, 6.07) is 0. The van der Waals surface area contributed by atoms with E-state index in [1.54, 1.807) is 0 Å². The summed E-state index contributed by atoms with van der Waals surface area (Å²) in [5.41, 5.74) is -0.0530. The molecule has 0 unspecified atom stereocenters. The highest BCUT2D eigenvalue weighted by Crippen LogP contribution is 1.98. The van der Waals surface area contributed by atoms with Gasteiger partial charge in [-0.3, -0.25) is 14.4 Å². The lowest BCUT2D eigenvalue weighted by atomic mass is 10.4. The Bertz CT molecular complexity index is 444. The normalized spacial score (nSPS) is 17.2. The Hall–Kier alpha value is -1.96. The number of aromatic nitrogens is 3. The summed E-state index contributed by atoms with van der Waals surface area (Å²) in [6.07, 6.45) is 1.90. The minimum Gasteiger partial charge on any atom is -0.476 e. The minimum atomic E-state index is -1.08. The molecule has 2 heterocycles. The quantitative estimate of drug-likeness (QED) is 0.699. The van der Waals surface area contributed by atoms with E-state index in [0.29, 0.717) is 26.1 Å². The molecule has 0 atom stereocenters. The Balaban J connectivity index is 1.83. The average Bonchev–Trinajstić information content (AvgIpc) is 2.72. The SMILES string of the molecule is O=C1CCN(CCn2cc(C(=O)O)nn2)CCN1. The second-order valence-electron chi connectivity index (χ2n) is 4.11. The van der Waals surface area contributed by atoms with Gasteiger partial charge in [-0.05, 0) is 0 Å². The zero-order chi connectivity index (χ0) is 13.0. The molecule has 0 bridgehead atoms. The first-order chi connectivity index (χ1) is 8.65. The number of carboxylic acid groups (broad SMARTS) is 1. The van der Waals surface area contributed by atoms with Crippen LogP contribution in [0.1, 0.15) is 16.9 Å². The summed E-state index contributed by atoms with van der Waals surface area (Å²) < 4.78 is 1.50. The van der Waals surface area contributed by atoms with Gasteiger partial charge in [-0.2, -0.15) is 0 Å². The van der Waals surface area contributed by atoms with Crippen LogP contribution in [0, 0.1) is 0 Å². The number of amides is 1. The second-order valence-corrected chi connectivity index (χ2v) is 4.11. The molecule has 0 radical (unpaired) electrons. The van der Waals surface area contributed by atoms with Gasteiger partial charge in [-0.25, -0.2) is 4.79 Å². The molecule has 1 amide bonds. The van der Waals surface area contributed by atoms with Gasteiger partial charge in [0.15, 0.2) is 5.69 Å². The summed E-state index contributed by atoms with van der Waals surface area (Å²) in [5.74, 6) is -1.00. The number of nitrogens with one attached hydrogen (secondary N) is 1. The summed E-state index contributed by atoms with van der Waals surface area (Å²) >= 11 is 0. The van der Waals surface area contributed by atoms with Crippen LogP contribution in [0.4, 0.5) is 0 Å². The first-order valence-electron chi connectivity index (χ1n) is 5.77. The highest BCUT2D eigenvalue weighted by molar-refractivity contribution is 5.84. The summed E-state index contributed by atoms with van der Waals surface area (Å²) in [5, 5.41) is 18.8. The molecule has 0 aromatic carbocycles. The van der Waals surface area contributed by atoms with Gasteiger partial charge in [0.1, 0.15) is 0 Å². The van der Waals surface area contributed by atoms with Gasteiger partial charge < -0.3 is 10.4 Å². The number of carbonyl (C=O) groups is 2. The van der Waals surface area contributed by atoms with Crippen molar-refractivity contribution in [1.82, 2.24) is 25.2 Å². The van der Waals surface area contributed by atoms with Crippen molar-refractivity contribution in [3.8, 4) is 0 Å². The van der Waals surface area contributed by atoms with Crippen molar-refractivity contribution in [1.29, 1.82) is 0 Å². The summed E-state index contributed by atoms with van der Waals surface area (Å²) in [6.45, 7) is 3.45. The van der Waals surface area contributed by atoms with Crippen molar-refractivity contribution in [2.45, 2.75) is 13.0 Å². The molecule has 0 spiro atoms. The van der Waals surface area contributed by atoms with Crippen molar-refractivity contribution in [3.63, 3.8) is 0 Å². The topological polar surface area (TPSA) is 100 Å². The van der Waals surface area contributed by atoms with Gasteiger partial charge in [0.25, 0.3) is 0 Å². The van der Waals surface area contributed by atoms with E-state index < -0.39 is 5.97 Å². The Labute approximate surface area is 104 Å².